The van der Waals surface area contributed by atoms with Crippen LogP contribution in [0.15, 0.2) is 36.7 Å². The maximum atomic E-state index is 11.0. The van der Waals surface area contributed by atoms with Gasteiger partial charge in [-0.05, 0) is 29.9 Å². The molecule has 0 aliphatic heterocycles. The van der Waals surface area contributed by atoms with E-state index in [9.17, 15) is 4.79 Å². The van der Waals surface area contributed by atoms with Crippen molar-refractivity contribution in [3.05, 3.63) is 47.8 Å². The van der Waals surface area contributed by atoms with Gasteiger partial charge in [-0.25, -0.2) is 0 Å². The minimum atomic E-state index is -0.232. The van der Waals surface area contributed by atoms with Crippen LogP contribution in [0.4, 0.5) is 0 Å². The minimum Gasteiger partial charge on any atom is -0.386 e. The van der Waals surface area contributed by atoms with Gasteiger partial charge >= 0.3 is 0 Å². The Kier molecular flexibility index (Phi) is 2.95. The van der Waals surface area contributed by atoms with E-state index in [-0.39, 0.29) is 12.0 Å². The van der Waals surface area contributed by atoms with Gasteiger partial charge in [0.15, 0.2) is 0 Å². The number of aldehydes is 1. The summed E-state index contributed by atoms with van der Waals surface area (Å²) in [6.07, 6.45) is 2.79. The molecule has 1 atom stereocenters. The number of carbonyl (C=O) groups is 1. The molecule has 1 aromatic carbocycles. The van der Waals surface area contributed by atoms with Crippen molar-refractivity contribution in [2.24, 2.45) is 11.7 Å². The van der Waals surface area contributed by atoms with Gasteiger partial charge in [-0.1, -0.05) is 30.8 Å². The summed E-state index contributed by atoms with van der Waals surface area (Å²) in [5, 5.41) is 2.92. The highest BCUT2D eigenvalue weighted by Gasteiger charge is 2.28. The van der Waals surface area contributed by atoms with Crippen LogP contribution in [0.1, 0.15) is 11.1 Å². The van der Waals surface area contributed by atoms with Gasteiger partial charge in [0.25, 0.3) is 0 Å². The summed E-state index contributed by atoms with van der Waals surface area (Å²) in [5.41, 5.74) is 8.15. The molecule has 84 valence electrons. The molecule has 0 radical (unpaired) electrons. The number of nitrogens with one attached hydrogen (secondary N) is 1. The summed E-state index contributed by atoms with van der Waals surface area (Å²) >= 11 is 0. The first kappa shape index (κ1) is 10.7. The highest BCUT2D eigenvalue weighted by Crippen LogP contribution is 2.28. The maximum Gasteiger partial charge on any atom is 0.142 e. The van der Waals surface area contributed by atoms with Crippen molar-refractivity contribution in [3.8, 4) is 0 Å². The van der Waals surface area contributed by atoms with E-state index < -0.39 is 0 Å². The minimum absolute atomic E-state index is 0.232. The van der Waals surface area contributed by atoms with Crippen LogP contribution in [0.25, 0.3) is 0 Å². The predicted molar refractivity (Wildman–Crippen MR) is 63.7 cm³/mol. The van der Waals surface area contributed by atoms with Crippen LogP contribution in [0.5, 0.6) is 0 Å². The van der Waals surface area contributed by atoms with E-state index in [2.05, 4.69) is 24.0 Å². The Hall–Kier alpha value is -1.77. The molecule has 0 bridgehead atoms. The van der Waals surface area contributed by atoms with Crippen LogP contribution in [0.3, 0.4) is 0 Å². The summed E-state index contributed by atoms with van der Waals surface area (Å²) < 4.78 is 0. The molecule has 0 fully saturated rings. The van der Waals surface area contributed by atoms with E-state index in [1.807, 2.05) is 12.1 Å². The Labute approximate surface area is 95.3 Å². The molecule has 0 aromatic heterocycles. The lowest BCUT2D eigenvalue weighted by molar-refractivity contribution is -0.110. The second-order valence-corrected chi connectivity index (χ2v) is 4.27. The quantitative estimate of drug-likeness (QED) is 0.738. The van der Waals surface area contributed by atoms with Gasteiger partial charge in [0.05, 0.1) is 11.9 Å². The zero-order chi connectivity index (χ0) is 11.5. The third-order valence-corrected chi connectivity index (χ3v) is 3.09. The summed E-state index contributed by atoms with van der Waals surface area (Å²) in [4.78, 5) is 11.0. The number of hydrogen-bond donors (Lipinski definition) is 2. The Bertz CT molecular complexity index is 389. The zero-order valence-corrected chi connectivity index (χ0v) is 9.15. The molecule has 1 aliphatic rings. The van der Waals surface area contributed by atoms with Crippen molar-refractivity contribution < 1.29 is 4.79 Å². The average molecular weight is 216 g/mol. The number of carbonyl (C=O) groups excluding carboxylic acids is 1. The topological polar surface area (TPSA) is 55.1 Å². The number of nitrogens with two attached hydrogens (primary N) is 1. The summed E-state index contributed by atoms with van der Waals surface area (Å²) in [6.45, 7) is 3.57. The fourth-order valence-electron chi connectivity index (χ4n) is 2.32. The van der Waals surface area contributed by atoms with Gasteiger partial charge in [0.1, 0.15) is 6.29 Å². The number of hydrogen-bond acceptors (Lipinski definition) is 3. The second-order valence-electron chi connectivity index (χ2n) is 4.27. The van der Waals surface area contributed by atoms with Crippen molar-refractivity contribution in [3.63, 3.8) is 0 Å². The lowest BCUT2D eigenvalue weighted by Crippen LogP contribution is -2.39. The van der Waals surface area contributed by atoms with Gasteiger partial charge in [-0.15, -0.1) is 0 Å². The zero-order valence-electron chi connectivity index (χ0n) is 9.15. The predicted octanol–water partition coefficient (Wildman–Crippen LogP) is 0.988. The Balaban J connectivity index is 2.09. The van der Waals surface area contributed by atoms with Crippen LogP contribution in [-0.2, 0) is 17.6 Å². The van der Waals surface area contributed by atoms with Gasteiger partial charge in [-0.3, -0.25) is 0 Å². The first-order valence-electron chi connectivity index (χ1n) is 5.43. The first-order chi connectivity index (χ1) is 7.70. The number of rotatable bonds is 4. The van der Waals surface area contributed by atoms with Gasteiger partial charge in [0, 0.05) is 0 Å². The number of benzene rings is 1. The molecule has 3 N–H and O–H groups in total. The van der Waals surface area contributed by atoms with E-state index in [1.165, 1.54) is 11.1 Å². The molecule has 0 saturated carbocycles. The summed E-state index contributed by atoms with van der Waals surface area (Å²) in [6, 6.07) is 8.08. The second kappa shape index (κ2) is 4.39. The van der Waals surface area contributed by atoms with Crippen LogP contribution in [0.2, 0.25) is 0 Å². The SMILES string of the molecule is C=C(N)NC(C=O)C1Cc2ccccc2C1. The Morgan fingerprint density at radius 2 is 2.00 bits per heavy atom. The number of fused-ring (bicyclic) bond motifs is 1. The molecular weight excluding hydrogens is 200 g/mol. The van der Waals surface area contributed by atoms with E-state index in [4.69, 9.17) is 5.73 Å². The van der Waals surface area contributed by atoms with E-state index in [1.54, 1.807) is 0 Å². The standard InChI is InChI=1S/C13H16N2O/c1-9(14)15-13(8-16)12-6-10-4-2-3-5-11(10)7-12/h2-5,8,12-13,15H,1,6-7,14H2. The van der Waals surface area contributed by atoms with E-state index in [0.29, 0.717) is 5.82 Å². The molecule has 3 heteroatoms. The van der Waals surface area contributed by atoms with Gasteiger partial charge < -0.3 is 15.8 Å². The van der Waals surface area contributed by atoms with E-state index in [0.717, 1.165) is 19.1 Å². The van der Waals surface area contributed by atoms with Gasteiger partial charge in [0.2, 0.25) is 0 Å². The molecule has 0 spiro atoms. The average Bonchev–Trinajstić information content (AvgIpc) is 2.68. The molecule has 16 heavy (non-hydrogen) atoms. The van der Waals surface area contributed by atoms with Crippen LogP contribution in [0, 0.1) is 5.92 Å². The molecule has 1 aromatic rings. The summed E-state index contributed by atoms with van der Waals surface area (Å²) in [5.74, 6) is 0.642. The fraction of sp³-hybridized carbons (Fsp3) is 0.308. The van der Waals surface area contributed by atoms with Crippen molar-refractivity contribution in [1.82, 2.24) is 5.32 Å². The molecular formula is C13H16N2O. The third kappa shape index (κ3) is 2.08. The highest BCUT2D eigenvalue weighted by molar-refractivity contribution is 5.59. The molecule has 1 unspecified atom stereocenters. The van der Waals surface area contributed by atoms with Crippen LogP contribution < -0.4 is 11.1 Å². The molecule has 1 aliphatic carbocycles. The fourth-order valence-corrected chi connectivity index (χ4v) is 2.32. The van der Waals surface area contributed by atoms with Crippen LogP contribution >= 0.6 is 0 Å². The molecule has 0 heterocycles. The monoisotopic (exact) mass is 216 g/mol. The summed E-state index contributed by atoms with van der Waals surface area (Å²) in [7, 11) is 0. The maximum absolute atomic E-state index is 11.0. The van der Waals surface area contributed by atoms with Crippen molar-refractivity contribution in [2.75, 3.05) is 0 Å². The van der Waals surface area contributed by atoms with Crippen molar-refractivity contribution >= 4 is 6.29 Å². The molecule has 0 saturated heterocycles. The highest BCUT2D eigenvalue weighted by atomic mass is 16.1. The van der Waals surface area contributed by atoms with Crippen LogP contribution in [-0.4, -0.2) is 12.3 Å². The first-order valence-corrected chi connectivity index (χ1v) is 5.43. The third-order valence-electron chi connectivity index (χ3n) is 3.09. The molecule has 0 amide bonds. The lowest BCUT2D eigenvalue weighted by Gasteiger charge is -2.19. The lowest BCUT2D eigenvalue weighted by atomic mass is 9.98. The van der Waals surface area contributed by atoms with E-state index >= 15 is 0 Å². The Morgan fingerprint density at radius 1 is 1.44 bits per heavy atom. The van der Waals surface area contributed by atoms with Crippen molar-refractivity contribution in [1.29, 1.82) is 0 Å². The smallest absolute Gasteiger partial charge is 0.142 e. The molecule has 2 rings (SSSR count). The molecule has 3 nitrogen and oxygen atoms in total. The largest absolute Gasteiger partial charge is 0.386 e. The van der Waals surface area contributed by atoms with Crippen molar-refractivity contribution in [2.45, 2.75) is 18.9 Å². The Morgan fingerprint density at radius 3 is 2.44 bits per heavy atom. The van der Waals surface area contributed by atoms with Gasteiger partial charge in [-0.2, -0.15) is 0 Å². The normalized spacial score (nSPS) is 16.5.